The Morgan fingerprint density at radius 3 is 2.66 bits per heavy atom. The number of hydrogen-bond donors (Lipinski definition) is 0. The zero-order valence-electron chi connectivity index (χ0n) is 20.7. The first kappa shape index (κ1) is 25.4. The second kappa shape index (κ2) is 11.0. The topological polar surface area (TPSA) is 93.7 Å². The van der Waals surface area contributed by atoms with Crippen molar-refractivity contribution in [1.29, 1.82) is 5.26 Å². The first-order valence-corrected chi connectivity index (χ1v) is 13.6. The maximum Gasteiger partial charge on any atom is 0.338 e. The summed E-state index contributed by atoms with van der Waals surface area (Å²) in [5.41, 5.74) is 2.95. The van der Waals surface area contributed by atoms with E-state index in [1.54, 1.807) is 24.5 Å². The standard InChI is InChI=1S/C29H23N3O4S2/c1-3-35-28(34)25-18(2)31-29-32(26(25)23-9-6-14-37-23)27(33)24(38-29)15-19-10-12-22(13-11-19)36-17-21-8-5-4-7-20(21)16-30/h4-15,26H,3,17H2,1-2H3/b24-15-/t26-/m1/s1. The zero-order chi connectivity index (χ0) is 26.6. The summed E-state index contributed by atoms with van der Waals surface area (Å²) in [6, 6.07) is 20.1. The molecule has 190 valence electrons. The lowest BCUT2D eigenvalue weighted by Gasteiger charge is -2.23. The van der Waals surface area contributed by atoms with Crippen molar-refractivity contribution in [2.24, 2.45) is 4.99 Å². The molecule has 2 aromatic carbocycles. The van der Waals surface area contributed by atoms with Crippen LogP contribution in [0.2, 0.25) is 0 Å². The summed E-state index contributed by atoms with van der Waals surface area (Å²) in [4.78, 5) is 32.5. The minimum absolute atomic E-state index is 0.213. The molecule has 0 fully saturated rings. The maximum absolute atomic E-state index is 13.6. The summed E-state index contributed by atoms with van der Waals surface area (Å²) in [6.45, 7) is 4.05. The molecule has 3 heterocycles. The number of thiazole rings is 1. The summed E-state index contributed by atoms with van der Waals surface area (Å²) in [5, 5.41) is 11.2. The number of aromatic nitrogens is 1. The van der Waals surface area contributed by atoms with Gasteiger partial charge in [0.25, 0.3) is 5.56 Å². The van der Waals surface area contributed by atoms with Gasteiger partial charge in [-0.2, -0.15) is 5.26 Å². The van der Waals surface area contributed by atoms with E-state index >= 15 is 0 Å². The highest BCUT2D eigenvalue weighted by Crippen LogP contribution is 2.33. The second-order valence-corrected chi connectivity index (χ2v) is 10.4. The number of fused-ring (bicyclic) bond motifs is 1. The molecule has 1 aliphatic heterocycles. The summed E-state index contributed by atoms with van der Waals surface area (Å²) < 4.78 is 13.3. The summed E-state index contributed by atoms with van der Waals surface area (Å²) in [5.74, 6) is 0.193. The van der Waals surface area contributed by atoms with E-state index in [2.05, 4.69) is 11.1 Å². The molecular weight excluding hydrogens is 518 g/mol. The summed E-state index contributed by atoms with van der Waals surface area (Å²) in [7, 11) is 0. The van der Waals surface area contributed by atoms with Gasteiger partial charge in [-0.25, -0.2) is 9.79 Å². The Labute approximate surface area is 226 Å². The van der Waals surface area contributed by atoms with Crippen LogP contribution in [0.4, 0.5) is 0 Å². The second-order valence-electron chi connectivity index (χ2n) is 8.44. The van der Waals surface area contributed by atoms with Gasteiger partial charge in [0.15, 0.2) is 4.80 Å². The third-order valence-electron chi connectivity index (χ3n) is 6.04. The normalized spacial score (nSPS) is 15.0. The molecular formula is C29H23N3O4S2. The predicted molar refractivity (Wildman–Crippen MR) is 147 cm³/mol. The Balaban J connectivity index is 1.46. The lowest BCUT2D eigenvalue weighted by Crippen LogP contribution is -2.39. The number of nitrogens with zero attached hydrogens (tertiary/aromatic N) is 3. The molecule has 0 amide bonds. The minimum atomic E-state index is -0.584. The van der Waals surface area contributed by atoms with Crippen LogP contribution in [0.25, 0.3) is 6.08 Å². The lowest BCUT2D eigenvalue weighted by atomic mass is 10.0. The number of carbonyl (C=O) groups excluding carboxylic acids is 1. The van der Waals surface area contributed by atoms with E-state index in [-0.39, 0.29) is 18.8 Å². The quantitative estimate of drug-likeness (QED) is 0.325. The van der Waals surface area contributed by atoms with Gasteiger partial charge in [0.05, 0.1) is 34.0 Å². The molecule has 9 heteroatoms. The van der Waals surface area contributed by atoms with Gasteiger partial charge in [0.1, 0.15) is 18.4 Å². The Morgan fingerprint density at radius 2 is 1.95 bits per heavy atom. The third-order valence-corrected chi connectivity index (χ3v) is 7.95. The van der Waals surface area contributed by atoms with Crippen molar-refractivity contribution in [1.82, 2.24) is 4.57 Å². The number of benzene rings is 2. The van der Waals surface area contributed by atoms with Gasteiger partial charge in [0.2, 0.25) is 0 Å². The first-order valence-electron chi connectivity index (χ1n) is 11.9. The van der Waals surface area contributed by atoms with Crippen LogP contribution in [-0.2, 0) is 16.1 Å². The maximum atomic E-state index is 13.6. The molecule has 0 N–H and O–H groups in total. The van der Waals surface area contributed by atoms with Gasteiger partial charge in [0, 0.05) is 10.4 Å². The molecule has 38 heavy (non-hydrogen) atoms. The largest absolute Gasteiger partial charge is 0.489 e. The zero-order valence-corrected chi connectivity index (χ0v) is 22.3. The van der Waals surface area contributed by atoms with Crippen LogP contribution < -0.4 is 19.6 Å². The molecule has 1 atom stereocenters. The van der Waals surface area contributed by atoms with E-state index in [0.717, 1.165) is 16.0 Å². The van der Waals surface area contributed by atoms with E-state index < -0.39 is 12.0 Å². The van der Waals surface area contributed by atoms with E-state index in [4.69, 9.17) is 9.47 Å². The van der Waals surface area contributed by atoms with E-state index in [0.29, 0.717) is 31.9 Å². The number of ether oxygens (including phenoxy) is 2. The molecule has 0 unspecified atom stereocenters. The van der Waals surface area contributed by atoms with Crippen molar-refractivity contribution in [2.45, 2.75) is 26.5 Å². The van der Waals surface area contributed by atoms with E-state index in [1.807, 2.05) is 66.1 Å². The highest BCUT2D eigenvalue weighted by Gasteiger charge is 2.33. The van der Waals surface area contributed by atoms with Crippen LogP contribution in [0.15, 0.2) is 87.1 Å². The highest BCUT2D eigenvalue weighted by atomic mass is 32.1. The molecule has 0 spiro atoms. The molecule has 0 saturated heterocycles. The Bertz CT molecular complexity index is 1740. The van der Waals surface area contributed by atoms with E-state index in [9.17, 15) is 14.9 Å². The molecule has 5 rings (SSSR count). The fourth-order valence-electron chi connectivity index (χ4n) is 4.24. The number of allylic oxidation sites excluding steroid dienone is 1. The fourth-order valence-corrected chi connectivity index (χ4v) is 6.11. The monoisotopic (exact) mass is 541 g/mol. The smallest absolute Gasteiger partial charge is 0.338 e. The molecule has 0 saturated carbocycles. The Morgan fingerprint density at radius 1 is 1.16 bits per heavy atom. The third kappa shape index (κ3) is 4.96. The van der Waals surface area contributed by atoms with Crippen molar-refractivity contribution in [3.63, 3.8) is 0 Å². The molecule has 2 aromatic heterocycles. The SMILES string of the molecule is CCOC(=O)C1=C(C)N=c2s/c(=C\c3ccc(OCc4ccccc4C#N)cc3)c(=O)n2[C@@H]1c1cccs1. The number of nitriles is 1. The van der Waals surface area contributed by atoms with Crippen LogP contribution in [0, 0.1) is 11.3 Å². The molecule has 0 radical (unpaired) electrons. The van der Waals surface area contributed by atoms with E-state index in [1.165, 1.54) is 22.7 Å². The molecule has 0 bridgehead atoms. The number of carbonyl (C=O) groups is 1. The summed E-state index contributed by atoms with van der Waals surface area (Å²) in [6.07, 6.45) is 1.81. The average molecular weight is 542 g/mol. The number of rotatable bonds is 7. The average Bonchev–Trinajstić information content (AvgIpc) is 3.56. The van der Waals surface area contributed by atoms with Gasteiger partial charge in [-0.15, -0.1) is 11.3 Å². The van der Waals surface area contributed by atoms with Crippen molar-refractivity contribution in [3.05, 3.63) is 119 Å². The number of hydrogen-bond acceptors (Lipinski definition) is 8. The van der Waals surface area contributed by atoms with Crippen molar-refractivity contribution >= 4 is 34.7 Å². The molecule has 1 aliphatic rings. The van der Waals surface area contributed by atoms with Crippen LogP contribution in [0.5, 0.6) is 5.75 Å². The molecule has 0 aliphatic carbocycles. The molecule has 7 nitrogen and oxygen atoms in total. The Kier molecular flexibility index (Phi) is 7.36. The van der Waals surface area contributed by atoms with Gasteiger partial charge in [-0.3, -0.25) is 9.36 Å². The van der Waals surface area contributed by atoms with Gasteiger partial charge in [-0.05, 0) is 55.1 Å². The lowest BCUT2D eigenvalue weighted by molar-refractivity contribution is -0.139. The molecule has 4 aromatic rings. The van der Waals surface area contributed by atoms with Crippen molar-refractivity contribution in [2.75, 3.05) is 6.61 Å². The van der Waals surface area contributed by atoms with Crippen LogP contribution >= 0.6 is 22.7 Å². The van der Waals surface area contributed by atoms with Crippen LogP contribution in [0.3, 0.4) is 0 Å². The highest BCUT2D eigenvalue weighted by molar-refractivity contribution is 7.10. The Hall–Kier alpha value is -4.26. The number of esters is 1. The van der Waals surface area contributed by atoms with Crippen molar-refractivity contribution < 1.29 is 14.3 Å². The summed E-state index contributed by atoms with van der Waals surface area (Å²) >= 11 is 2.77. The van der Waals surface area contributed by atoms with Gasteiger partial charge in [-0.1, -0.05) is 47.7 Å². The first-order chi connectivity index (χ1) is 18.5. The minimum Gasteiger partial charge on any atom is -0.489 e. The number of thiophene rings is 1. The fraction of sp³-hybridized carbons (Fsp3) is 0.172. The van der Waals surface area contributed by atoms with Gasteiger partial charge >= 0.3 is 5.97 Å². The van der Waals surface area contributed by atoms with Crippen molar-refractivity contribution in [3.8, 4) is 11.8 Å². The van der Waals surface area contributed by atoms with Crippen LogP contribution in [0.1, 0.15) is 41.5 Å². The van der Waals surface area contributed by atoms with Crippen LogP contribution in [-0.4, -0.2) is 17.1 Å². The predicted octanol–water partition coefficient (Wildman–Crippen LogP) is 4.31. The van der Waals surface area contributed by atoms with Gasteiger partial charge < -0.3 is 9.47 Å².